The van der Waals surface area contributed by atoms with Crippen molar-refractivity contribution in [3.05, 3.63) is 83.4 Å². The maximum atomic E-state index is 4.80. The summed E-state index contributed by atoms with van der Waals surface area (Å²) in [4.78, 5) is 4.80. The number of aryl methyl sites for hydroxylation is 2. The topological polar surface area (TPSA) is 67.1 Å². The van der Waals surface area contributed by atoms with Gasteiger partial charge in [-0.1, -0.05) is 67.1 Å². The van der Waals surface area contributed by atoms with Crippen LogP contribution < -0.4 is 10.6 Å². The third-order valence-electron chi connectivity index (χ3n) is 4.85. The molecule has 0 bridgehead atoms. The number of nitrogens with one attached hydrogen (secondary N) is 2. The zero-order valence-corrected chi connectivity index (χ0v) is 20.2. The molecule has 7 heteroatoms. The molecule has 0 saturated heterocycles. The molecule has 0 fully saturated rings. The number of rotatable bonds is 8. The fourth-order valence-electron chi connectivity index (χ4n) is 3.08. The molecule has 2 N–H and O–H groups in total. The lowest BCUT2D eigenvalue weighted by Gasteiger charge is -2.19. The second-order valence-electron chi connectivity index (χ2n) is 7.15. The smallest absolute Gasteiger partial charge is 0.192 e. The van der Waals surface area contributed by atoms with E-state index in [1.807, 2.05) is 6.07 Å². The Balaban J connectivity index is 0.00000320. The monoisotopic (exact) mass is 518 g/mol. The number of nitrogens with zero attached hydrogens (tertiary/aromatic N) is 4. The predicted octanol–water partition coefficient (Wildman–Crippen LogP) is 4.26. The molecule has 0 amide bonds. The first-order valence-corrected chi connectivity index (χ1v) is 10.2. The average Bonchev–Trinajstić information content (AvgIpc) is 3.21. The molecule has 0 radical (unpaired) electrons. The Bertz CT molecular complexity index is 905. The van der Waals surface area contributed by atoms with Crippen molar-refractivity contribution >= 4 is 29.9 Å². The number of hydrogen-bond donors (Lipinski definition) is 2. The normalized spacial score (nSPS) is 12.2. The lowest BCUT2D eigenvalue weighted by molar-refractivity contribution is 0.619. The molecule has 0 spiro atoms. The molecule has 0 saturated carbocycles. The third kappa shape index (κ3) is 7.12. The Hall–Kier alpha value is -2.42. The van der Waals surface area contributed by atoms with Crippen LogP contribution in [-0.4, -0.2) is 27.3 Å². The summed E-state index contributed by atoms with van der Waals surface area (Å²) < 4.78 is 2.07. The number of halogens is 1. The van der Waals surface area contributed by atoms with Crippen LogP contribution in [0.2, 0.25) is 0 Å². The van der Waals surface area contributed by atoms with Crippen LogP contribution in [0, 0.1) is 6.92 Å². The Labute approximate surface area is 196 Å². The number of hydrogen-bond acceptors (Lipinski definition) is 3. The van der Waals surface area contributed by atoms with Crippen LogP contribution in [0.25, 0.3) is 0 Å². The minimum absolute atomic E-state index is 0. The maximum Gasteiger partial charge on any atom is 0.192 e. The van der Waals surface area contributed by atoms with E-state index >= 15 is 0 Å². The second-order valence-corrected chi connectivity index (χ2v) is 7.15. The molecule has 0 aliphatic rings. The third-order valence-corrected chi connectivity index (χ3v) is 4.85. The minimum atomic E-state index is 0. The summed E-state index contributed by atoms with van der Waals surface area (Å²) in [7, 11) is 0. The van der Waals surface area contributed by atoms with Gasteiger partial charge in [-0.3, -0.25) is 0 Å². The largest absolute Gasteiger partial charge is 0.355 e. The molecule has 3 rings (SSSR count). The van der Waals surface area contributed by atoms with Crippen LogP contribution in [0.15, 0.2) is 65.9 Å². The van der Waals surface area contributed by atoms with Crippen molar-refractivity contribution in [2.75, 3.05) is 6.54 Å². The molecular weight excluding hydrogens is 487 g/mol. The van der Waals surface area contributed by atoms with Gasteiger partial charge < -0.3 is 15.2 Å². The number of guanidine groups is 1. The Morgan fingerprint density at radius 2 is 1.83 bits per heavy atom. The highest BCUT2D eigenvalue weighted by molar-refractivity contribution is 14.0. The van der Waals surface area contributed by atoms with Gasteiger partial charge in [0.05, 0.1) is 12.6 Å². The van der Waals surface area contributed by atoms with Gasteiger partial charge in [-0.05, 0) is 25.0 Å². The standard InChI is InChI=1S/C23H30N6.HI/c1-4-22-28-26-17-29(22)15-14-24-23(25-16-20-12-10-18(2)11-13-20)27-19(3)21-8-6-5-7-9-21;/h5-13,17,19H,4,14-16H2,1-3H3,(H2,24,25,27);1H. The molecular formula is C23H31IN6. The van der Waals surface area contributed by atoms with E-state index in [1.54, 1.807) is 6.33 Å². The van der Waals surface area contributed by atoms with Crippen molar-refractivity contribution in [3.63, 3.8) is 0 Å². The average molecular weight is 518 g/mol. The van der Waals surface area contributed by atoms with E-state index in [1.165, 1.54) is 16.7 Å². The van der Waals surface area contributed by atoms with E-state index in [0.717, 1.165) is 31.3 Å². The molecule has 2 aromatic carbocycles. The van der Waals surface area contributed by atoms with Gasteiger partial charge in [-0.15, -0.1) is 34.2 Å². The number of benzene rings is 2. The zero-order valence-electron chi connectivity index (χ0n) is 17.9. The molecule has 1 heterocycles. The van der Waals surface area contributed by atoms with Gasteiger partial charge in [0.1, 0.15) is 12.2 Å². The highest BCUT2D eigenvalue weighted by Gasteiger charge is 2.08. The molecule has 1 aromatic heterocycles. The van der Waals surface area contributed by atoms with Crippen LogP contribution in [0.3, 0.4) is 0 Å². The van der Waals surface area contributed by atoms with E-state index in [-0.39, 0.29) is 30.0 Å². The molecule has 30 heavy (non-hydrogen) atoms. The van der Waals surface area contributed by atoms with Crippen LogP contribution in [0.4, 0.5) is 0 Å². The van der Waals surface area contributed by atoms with Crippen molar-refractivity contribution in [1.29, 1.82) is 0 Å². The van der Waals surface area contributed by atoms with Crippen LogP contribution in [0.1, 0.15) is 42.4 Å². The minimum Gasteiger partial charge on any atom is -0.355 e. The first-order chi connectivity index (χ1) is 14.2. The lowest BCUT2D eigenvalue weighted by Crippen LogP contribution is -2.40. The fourth-order valence-corrected chi connectivity index (χ4v) is 3.08. The highest BCUT2D eigenvalue weighted by atomic mass is 127. The van der Waals surface area contributed by atoms with Gasteiger partial charge in [0, 0.05) is 19.5 Å². The van der Waals surface area contributed by atoms with Gasteiger partial charge in [-0.2, -0.15) is 0 Å². The van der Waals surface area contributed by atoms with Crippen molar-refractivity contribution in [1.82, 2.24) is 25.4 Å². The Kier molecular flexibility index (Phi) is 9.79. The number of aliphatic imine (C=N–C) groups is 1. The quantitative estimate of drug-likeness (QED) is 0.266. The molecule has 0 aliphatic carbocycles. The summed E-state index contributed by atoms with van der Waals surface area (Å²) in [6.45, 7) is 8.49. The van der Waals surface area contributed by atoms with E-state index in [4.69, 9.17) is 4.99 Å². The predicted molar refractivity (Wildman–Crippen MR) is 133 cm³/mol. The zero-order chi connectivity index (χ0) is 20.5. The van der Waals surface area contributed by atoms with E-state index in [0.29, 0.717) is 6.54 Å². The highest BCUT2D eigenvalue weighted by Crippen LogP contribution is 2.11. The van der Waals surface area contributed by atoms with Crippen molar-refractivity contribution in [2.45, 2.75) is 46.3 Å². The van der Waals surface area contributed by atoms with Crippen molar-refractivity contribution < 1.29 is 0 Å². The number of aromatic nitrogens is 3. The summed E-state index contributed by atoms with van der Waals surface area (Å²) in [6, 6.07) is 19.0. The van der Waals surface area contributed by atoms with Gasteiger partial charge in [-0.25, -0.2) is 4.99 Å². The van der Waals surface area contributed by atoms with E-state index < -0.39 is 0 Å². The molecule has 0 aliphatic heterocycles. The summed E-state index contributed by atoms with van der Waals surface area (Å²) in [6.07, 6.45) is 2.65. The van der Waals surface area contributed by atoms with E-state index in [2.05, 4.69) is 94.7 Å². The van der Waals surface area contributed by atoms with E-state index in [9.17, 15) is 0 Å². The molecule has 3 aromatic rings. The molecule has 160 valence electrons. The van der Waals surface area contributed by atoms with Crippen molar-refractivity contribution in [2.24, 2.45) is 4.99 Å². The van der Waals surface area contributed by atoms with Crippen LogP contribution in [-0.2, 0) is 19.5 Å². The summed E-state index contributed by atoms with van der Waals surface area (Å²) in [5.41, 5.74) is 3.67. The van der Waals surface area contributed by atoms with Gasteiger partial charge in [0.15, 0.2) is 5.96 Å². The molecule has 6 nitrogen and oxygen atoms in total. The van der Waals surface area contributed by atoms with Gasteiger partial charge >= 0.3 is 0 Å². The van der Waals surface area contributed by atoms with Crippen LogP contribution in [0.5, 0.6) is 0 Å². The Morgan fingerprint density at radius 1 is 1.10 bits per heavy atom. The van der Waals surface area contributed by atoms with Gasteiger partial charge in [0.2, 0.25) is 0 Å². The fraction of sp³-hybridized carbons (Fsp3) is 0.348. The summed E-state index contributed by atoms with van der Waals surface area (Å²) >= 11 is 0. The summed E-state index contributed by atoms with van der Waals surface area (Å²) in [5.74, 6) is 1.80. The first kappa shape index (κ1) is 23.9. The second kappa shape index (κ2) is 12.3. The van der Waals surface area contributed by atoms with Crippen LogP contribution >= 0.6 is 24.0 Å². The summed E-state index contributed by atoms with van der Waals surface area (Å²) in [5, 5.41) is 15.1. The SMILES string of the molecule is CCc1nncn1CCNC(=NCc1ccc(C)cc1)NC(C)c1ccccc1.I. The Morgan fingerprint density at radius 3 is 2.53 bits per heavy atom. The molecule has 1 atom stereocenters. The van der Waals surface area contributed by atoms with Crippen molar-refractivity contribution in [3.8, 4) is 0 Å². The first-order valence-electron chi connectivity index (χ1n) is 10.2. The molecule has 1 unspecified atom stereocenters. The maximum absolute atomic E-state index is 4.80. The van der Waals surface area contributed by atoms with Gasteiger partial charge in [0.25, 0.3) is 0 Å². The lowest BCUT2D eigenvalue weighted by atomic mass is 10.1.